The number of carbonyl (C=O) groups is 2. The molecule has 2 rings (SSSR count). The average Bonchev–Trinajstić information content (AvgIpc) is 2.53. The lowest BCUT2D eigenvalue weighted by atomic mass is 9.88. The molecule has 1 amide bonds. The minimum atomic E-state index is -0.963. The Bertz CT molecular complexity index is 526. The van der Waals surface area contributed by atoms with E-state index < -0.39 is 5.97 Å². The van der Waals surface area contributed by atoms with E-state index in [2.05, 4.69) is 12.2 Å². The lowest BCUT2D eigenvalue weighted by Gasteiger charge is -2.28. The molecule has 1 aromatic rings. The Labute approximate surface area is 137 Å². The zero-order valence-electron chi connectivity index (χ0n) is 13.6. The lowest BCUT2D eigenvalue weighted by Crippen LogP contribution is -2.32. The fraction of sp³-hybridized carbons (Fsp3) is 0.556. The van der Waals surface area contributed by atoms with E-state index in [9.17, 15) is 9.59 Å². The minimum Gasteiger partial charge on any atom is -0.478 e. The predicted molar refractivity (Wildman–Crippen MR) is 87.5 cm³/mol. The third-order valence-electron chi connectivity index (χ3n) is 4.35. The molecule has 1 fully saturated rings. The molecule has 2 unspecified atom stereocenters. The molecule has 126 valence electrons. The number of hydrogen-bond acceptors (Lipinski definition) is 3. The Morgan fingerprint density at radius 3 is 2.57 bits per heavy atom. The number of carboxylic acids is 1. The van der Waals surface area contributed by atoms with E-state index in [1.54, 1.807) is 12.1 Å². The van der Waals surface area contributed by atoms with Crippen molar-refractivity contribution in [1.29, 1.82) is 0 Å². The van der Waals surface area contributed by atoms with Gasteiger partial charge in [-0.25, -0.2) is 4.79 Å². The van der Waals surface area contributed by atoms with Gasteiger partial charge in [-0.15, -0.1) is 0 Å². The van der Waals surface area contributed by atoms with Crippen molar-refractivity contribution in [3.05, 3.63) is 35.4 Å². The van der Waals surface area contributed by atoms with Gasteiger partial charge in [0.1, 0.15) is 0 Å². The molecular weight excluding hydrogens is 294 g/mol. The van der Waals surface area contributed by atoms with E-state index in [-0.39, 0.29) is 17.9 Å². The molecule has 0 radical (unpaired) electrons. The van der Waals surface area contributed by atoms with Crippen molar-refractivity contribution in [2.45, 2.75) is 45.1 Å². The first kappa shape index (κ1) is 17.5. The molecule has 0 spiro atoms. The van der Waals surface area contributed by atoms with Crippen molar-refractivity contribution in [1.82, 2.24) is 5.32 Å². The Morgan fingerprint density at radius 2 is 1.91 bits per heavy atom. The molecule has 1 aliphatic carbocycles. The number of nitrogens with one attached hydrogen (secondary N) is 1. The van der Waals surface area contributed by atoms with Crippen LogP contribution in [0.3, 0.4) is 0 Å². The molecule has 23 heavy (non-hydrogen) atoms. The van der Waals surface area contributed by atoms with Gasteiger partial charge in [-0.1, -0.05) is 31.9 Å². The summed E-state index contributed by atoms with van der Waals surface area (Å²) in [5, 5.41) is 11.7. The largest absolute Gasteiger partial charge is 0.478 e. The maximum Gasteiger partial charge on any atom is 0.335 e. The quantitative estimate of drug-likeness (QED) is 0.758. The van der Waals surface area contributed by atoms with Gasteiger partial charge in [0.15, 0.2) is 0 Å². The topological polar surface area (TPSA) is 75.6 Å². The molecule has 0 heterocycles. The van der Waals surface area contributed by atoms with Crippen molar-refractivity contribution in [3.63, 3.8) is 0 Å². The number of ether oxygens (including phenoxy) is 1. The van der Waals surface area contributed by atoms with Crippen molar-refractivity contribution in [2.24, 2.45) is 5.92 Å². The summed E-state index contributed by atoms with van der Waals surface area (Å²) >= 11 is 0. The smallest absolute Gasteiger partial charge is 0.335 e. The molecule has 5 nitrogen and oxygen atoms in total. The van der Waals surface area contributed by atoms with E-state index in [1.165, 1.54) is 31.4 Å². The zero-order chi connectivity index (χ0) is 16.7. The van der Waals surface area contributed by atoms with Crippen LogP contribution in [0.4, 0.5) is 0 Å². The Hall–Kier alpha value is -1.88. The third-order valence-corrected chi connectivity index (χ3v) is 4.35. The number of carbonyl (C=O) groups excluding carboxylic acids is 1. The lowest BCUT2D eigenvalue weighted by molar-refractivity contribution is -0.120. The monoisotopic (exact) mass is 319 g/mol. The van der Waals surface area contributed by atoms with Gasteiger partial charge in [0.2, 0.25) is 5.91 Å². The van der Waals surface area contributed by atoms with Gasteiger partial charge in [-0.05, 0) is 36.5 Å². The molecule has 0 saturated heterocycles. The molecule has 1 aliphatic rings. The fourth-order valence-corrected chi connectivity index (χ4v) is 2.94. The van der Waals surface area contributed by atoms with E-state index in [0.717, 1.165) is 12.0 Å². The summed E-state index contributed by atoms with van der Waals surface area (Å²) in [5.41, 5.74) is 1.03. The molecule has 1 aromatic carbocycles. The Morgan fingerprint density at radius 1 is 1.22 bits per heavy atom. The molecule has 2 N–H and O–H groups in total. The van der Waals surface area contributed by atoms with Crippen LogP contribution in [0.25, 0.3) is 0 Å². The molecule has 5 heteroatoms. The van der Waals surface area contributed by atoms with Crippen molar-refractivity contribution in [3.8, 4) is 0 Å². The van der Waals surface area contributed by atoms with Crippen LogP contribution in [-0.4, -0.2) is 36.2 Å². The maximum absolute atomic E-state index is 11.9. The van der Waals surface area contributed by atoms with Gasteiger partial charge in [0, 0.05) is 6.54 Å². The minimum absolute atomic E-state index is 0.0756. The number of aromatic carboxylic acids is 1. The van der Waals surface area contributed by atoms with E-state index in [0.29, 0.717) is 25.2 Å². The van der Waals surface area contributed by atoms with Crippen LogP contribution in [0, 0.1) is 5.92 Å². The second-order valence-electron chi connectivity index (χ2n) is 6.20. The number of benzene rings is 1. The molecule has 0 aromatic heterocycles. The summed E-state index contributed by atoms with van der Waals surface area (Å²) in [6.07, 6.45) is 5.43. The van der Waals surface area contributed by atoms with Gasteiger partial charge in [-0.3, -0.25) is 4.79 Å². The Balaban J connectivity index is 1.65. The van der Waals surface area contributed by atoms with Crippen LogP contribution in [0.5, 0.6) is 0 Å². The third kappa shape index (κ3) is 5.67. The summed E-state index contributed by atoms with van der Waals surface area (Å²) in [7, 11) is 0. The van der Waals surface area contributed by atoms with Gasteiger partial charge in [-0.2, -0.15) is 0 Å². The van der Waals surface area contributed by atoms with Crippen molar-refractivity contribution < 1.29 is 19.4 Å². The van der Waals surface area contributed by atoms with Gasteiger partial charge in [0.25, 0.3) is 0 Å². The fourth-order valence-electron chi connectivity index (χ4n) is 2.94. The standard InChI is InChI=1S/C18H25NO4/c1-13-4-2-3-5-16(13)23-11-10-19-17(20)12-14-6-8-15(9-7-14)18(21)22/h6-9,13,16H,2-5,10-12H2,1H3,(H,19,20)(H,21,22). The van der Waals surface area contributed by atoms with E-state index >= 15 is 0 Å². The number of amides is 1. The van der Waals surface area contributed by atoms with Gasteiger partial charge < -0.3 is 15.2 Å². The molecule has 0 bridgehead atoms. The van der Waals surface area contributed by atoms with Gasteiger partial charge in [0.05, 0.1) is 24.7 Å². The summed E-state index contributed by atoms with van der Waals surface area (Å²) in [6, 6.07) is 6.36. The summed E-state index contributed by atoms with van der Waals surface area (Å²) in [4.78, 5) is 22.6. The normalized spacial score (nSPS) is 20.9. The highest BCUT2D eigenvalue weighted by molar-refractivity contribution is 5.87. The van der Waals surface area contributed by atoms with Crippen LogP contribution in [-0.2, 0) is 16.0 Å². The molecule has 2 atom stereocenters. The van der Waals surface area contributed by atoms with Gasteiger partial charge >= 0.3 is 5.97 Å². The average molecular weight is 319 g/mol. The summed E-state index contributed by atoms with van der Waals surface area (Å²) in [6.45, 7) is 3.27. The number of rotatable bonds is 7. The number of hydrogen-bond donors (Lipinski definition) is 2. The van der Waals surface area contributed by atoms with Crippen LogP contribution in [0.1, 0.15) is 48.5 Å². The molecular formula is C18H25NO4. The van der Waals surface area contributed by atoms with E-state index in [1.807, 2.05) is 0 Å². The Kier molecular flexibility index (Phi) is 6.59. The van der Waals surface area contributed by atoms with Crippen molar-refractivity contribution >= 4 is 11.9 Å². The first-order valence-corrected chi connectivity index (χ1v) is 8.27. The highest BCUT2D eigenvalue weighted by Crippen LogP contribution is 2.25. The number of carboxylic acid groups (broad SMARTS) is 1. The maximum atomic E-state index is 11.9. The van der Waals surface area contributed by atoms with Crippen molar-refractivity contribution in [2.75, 3.05) is 13.2 Å². The second kappa shape index (κ2) is 8.67. The van der Waals surface area contributed by atoms with E-state index in [4.69, 9.17) is 9.84 Å². The highest BCUT2D eigenvalue weighted by atomic mass is 16.5. The van der Waals surface area contributed by atoms with Crippen LogP contribution < -0.4 is 5.32 Å². The second-order valence-corrected chi connectivity index (χ2v) is 6.20. The molecule has 0 aliphatic heterocycles. The first-order valence-electron chi connectivity index (χ1n) is 8.27. The predicted octanol–water partition coefficient (Wildman–Crippen LogP) is 2.64. The summed E-state index contributed by atoms with van der Waals surface area (Å²) in [5.74, 6) is -0.435. The SMILES string of the molecule is CC1CCCCC1OCCNC(=O)Cc1ccc(C(=O)O)cc1. The van der Waals surface area contributed by atoms with Crippen LogP contribution >= 0.6 is 0 Å². The zero-order valence-corrected chi connectivity index (χ0v) is 13.6. The molecule has 1 saturated carbocycles. The van der Waals surface area contributed by atoms with Crippen LogP contribution in [0.15, 0.2) is 24.3 Å². The summed E-state index contributed by atoms with van der Waals surface area (Å²) < 4.78 is 5.86. The van der Waals surface area contributed by atoms with Crippen LogP contribution in [0.2, 0.25) is 0 Å². The highest BCUT2D eigenvalue weighted by Gasteiger charge is 2.21. The first-order chi connectivity index (χ1) is 11.1.